The van der Waals surface area contributed by atoms with E-state index in [2.05, 4.69) is 6.92 Å². The van der Waals surface area contributed by atoms with E-state index in [0.717, 1.165) is 32.5 Å². The fraction of sp³-hybridized carbons (Fsp3) is 1.00. The molecule has 3 N–H and O–H groups in total. The molecule has 14 heavy (non-hydrogen) atoms. The number of aliphatic hydroxyl groups is 1. The van der Waals surface area contributed by atoms with E-state index in [-0.39, 0.29) is 12.6 Å². The molecule has 0 saturated carbocycles. The van der Waals surface area contributed by atoms with Crippen molar-refractivity contribution in [2.24, 2.45) is 17.6 Å². The lowest BCUT2D eigenvalue weighted by Gasteiger charge is -2.33. The first kappa shape index (κ1) is 12.0. The molecule has 0 aromatic rings. The molecule has 0 aromatic carbocycles. The first-order chi connectivity index (χ1) is 6.79. The quantitative estimate of drug-likeness (QED) is 0.701. The Morgan fingerprint density at radius 3 is 2.86 bits per heavy atom. The Bertz CT molecular complexity index is 146. The van der Waals surface area contributed by atoms with Gasteiger partial charge in [-0.05, 0) is 37.5 Å². The highest BCUT2D eigenvalue weighted by Gasteiger charge is 2.27. The van der Waals surface area contributed by atoms with Gasteiger partial charge in [0.2, 0.25) is 0 Å². The van der Waals surface area contributed by atoms with Gasteiger partial charge in [0.25, 0.3) is 0 Å². The minimum atomic E-state index is 0.217. The smallest absolute Gasteiger partial charge is 0.0497 e. The summed E-state index contributed by atoms with van der Waals surface area (Å²) in [5.74, 6) is 0.996. The molecular weight excluding hydrogens is 178 g/mol. The third-order valence-corrected chi connectivity index (χ3v) is 3.28. The zero-order valence-electron chi connectivity index (χ0n) is 9.11. The van der Waals surface area contributed by atoms with Crippen molar-refractivity contribution < 1.29 is 9.84 Å². The van der Waals surface area contributed by atoms with E-state index in [1.54, 1.807) is 0 Å². The van der Waals surface area contributed by atoms with Crippen LogP contribution in [0, 0.1) is 11.8 Å². The summed E-state index contributed by atoms with van der Waals surface area (Å²) < 4.78 is 5.47. The zero-order chi connectivity index (χ0) is 10.4. The van der Waals surface area contributed by atoms with Gasteiger partial charge < -0.3 is 15.6 Å². The molecule has 1 aliphatic rings. The molecule has 1 fully saturated rings. The summed E-state index contributed by atoms with van der Waals surface area (Å²) in [5.41, 5.74) is 6.07. The number of ether oxygens (including phenoxy) is 1. The van der Waals surface area contributed by atoms with Crippen molar-refractivity contribution in [3.8, 4) is 0 Å². The molecule has 0 spiro atoms. The van der Waals surface area contributed by atoms with E-state index in [0.29, 0.717) is 11.8 Å². The van der Waals surface area contributed by atoms with Gasteiger partial charge in [0, 0.05) is 25.9 Å². The summed E-state index contributed by atoms with van der Waals surface area (Å²) in [7, 11) is 0. The van der Waals surface area contributed by atoms with Gasteiger partial charge in [-0.15, -0.1) is 0 Å². The van der Waals surface area contributed by atoms with Crippen LogP contribution >= 0.6 is 0 Å². The Labute approximate surface area is 86.6 Å². The molecule has 0 aliphatic carbocycles. The van der Waals surface area contributed by atoms with Crippen LogP contribution in [0.25, 0.3) is 0 Å². The molecule has 0 radical (unpaired) electrons. The second kappa shape index (κ2) is 6.38. The summed E-state index contributed by atoms with van der Waals surface area (Å²) in [6.07, 6.45) is 4.16. The van der Waals surface area contributed by atoms with Crippen molar-refractivity contribution in [3.63, 3.8) is 0 Å². The number of aliphatic hydroxyl groups excluding tert-OH is 1. The predicted molar refractivity (Wildman–Crippen MR) is 57.0 cm³/mol. The maximum Gasteiger partial charge on any atom is 0.0497 e. The summed E-state index contributed by atoms with van der Waals surface area (Å²) in [6, 6.07) is 0.217. The van der Waals surface area contributed by atoms with Crippen molar-refractivity contribution in [1.29, 1.82) is 0 Å². The van der Waals surface area contributed by atoms with Crippen LogP contribution in [-0.4, -0.2) is 31.0 Å². The van der Waals surface area contributed by atoms with E-state index in [4.69, 9.17) is 15.6 Å². The number of nitrogens with two attached hydrogens (primary N) is 1. The normalized spacial score (nSPS) is 27.2. The Morgan fingerprint density at radius 1 is 1.57 bits per heavy atom. The third kappa shape index (κ3) is 3.23. The van der Waals surface area contributed by atoms with Crippen LogP contribution in [0.2, 0.25) is 0 Å². The van der Waals surface area contributed by atoms with E-state index in [9.17, 15) is 0 Å². The van der Waals surface area contributed by atoms with Crippen LogP contribution in [0.1, 0.15) is 32.6 Å². The summed E-state index contributed by atoms with van der Waals surface area (Å²) in [5, 5.41) is 9.02. The minimum Gasteiger partial charge on any atom is -0.396 e. The van der Waals surface area contributed by atoms with E-state index >= 15 is 0 Å². The van der Waals surface area contributed by atoms with Gasteiger partial charge in [-0.25, -0.2) is 0 Å². The largest absolute Gasteiger partial charge is 0.396 e. The number of rotatable bonds is 5. The summed E-state index contributed by atoms with van der Waals surface area (Å²) in [4.78, 5) is 0. The molecule has 1 aliphatic heterocycles. The summed E-state index contributed by atoms with van der Waals surface area (Å²) >= 11 is 0. The molecule has 1 saturated heterocycles. The predicted octanol–water partition coefficient (Wildman–Crippen LogP) is 1.15. The molecule has 1 rings (SSSR count). The van der Waals surface area contributed by atoms with Gasteiger partial charge in [-0.1, -0.05) is 6.92 Å². The Balaban J connectivity index is 2.46. The van der Waals surface area contributed by atoms with Crippen LogP contribution in [0.3, 0.4) is 0 Å². The van der Waals surface area contributed by atoms with E-state index in [1.807, 2.05) is 0 Å². The molecule has 3 unspecified atom stereocenters. The molecule has 1 heterocycles. The maximum absolute atomic E-state index is 9.02. The van der Waals surface area contributed by atoms with Crippen molar-refractivity contribution in [2.75, 3.05) is 19.8 Å². The van der Waals surface area contributed by atoms with Crippen molar-refractivity contribution >= 4 is 0 Å². The monoisotopic (exact) mass is 201 g/mol. The Morgan fingerprint density at radius 2 is 2.36 bits per heavy atom. The van der Waals surface area contributed by atoms with Gasteiger partial charge in [0.1, 0.15) is 0 Å². The van der Waals surface area contributed by atoms with Gasteiger partial charge in [-0.2, -0.15) is 0 Å². The highest BCUT2D eigenvalue weighted by Crippen LogP contribution is 2.27. The highest BCUT2D eigenvalue weighted by atomic mass is 16.5. The summed E-state index contributed by atoms with van der Waals surface area (Å²) in [6.45, 7) is 4.08. The second-order valence-corrected chi connectivity index (χ2v) is 4.23. The average molecular weight is 201 g/mol. The fourth-order valence-electron chi connectivity index (χ4n) is 2.35. The molecule has 3 heteroatoms. The molecule has 84 valence electrons. The van der Waals surface area contributed by atoms with Crippen LogP contribution in [-0.2, 0) is 4.74 Å². The first-order valence-electron chi connectivity index (χ1n) is 5.73. The van der Waals surface area contributed by atoms with Crippen LogP contribution < -0.4 is 5.73 Å². The van der Waals surface area contributed by atoms with E-state index < -0.39 is 0 Å². The molecule has 3 atom stereocenters. The minimum absolute atomic E-state index is 0.217. The van der Waals surface area contributed by atoms with Gasteiger partial charge in [0.15, 0.2) is 0 Å². The van der Waals surface area contributed by atoms with Crippen molar-refractivity contribution in [1.82, 2.24) is 0 Å². The average Bonchev–Trinajstić information content (AvgIpc) is 2.26. The lowest BCUT2D eigenvalue weighted by molar-refractivity contribution is 0.0185. The lowest BCUT2D eigenvalue weighted by atomic mass is 9.80. The topological polar surface area (TPSA) is 55.5 Å². The van der Waals surface area contributed by atoms with Gasteiger partial charge in [-0.3, -0.25) is 0 Å². The third-order valence-electron chi connectivity index (χ3n) is 3.28. The molecule has 0 amide bonds. The first-order valence-corrected chi connectivity index (χ1v) is 5.73. The maximum atomic E-state index is 9.02. The van der Waals surface area contributed by atoms with Crippen molar-refractivity contribution in [2.45, 2.75) is 38.6 Å². The lowest BCUT2D eigenvalue weighted by Crippen LogP contribution is -2.38. The van der Waals surface area contributed by atoms with E-state index in [1.165, 1.54) is 6.42 Å². The Hall–Kier alpha value is -0.120. The standard InChI is InChI=1S/C11H23NO2/c1-2-11(12)10(5-6-13)9-4-3-7-14-8-9/h9-11,13H,2-8,12H2,1H3. The van der Waals surface area contributed by atoms with Crippen LogP contribution in [0.4, 0.5) is 0 Å². The highest BCUT2D eigenvalue weighted by molar-refractivity contribution is 4.80. The second-order valence-electron chi connectivity index (χ2n) is 4.23. The van der Waals surface area contributed by atoms with Gasteiger partial charge >= 0.3 is 0 Å². The van der Waals surface area contributed by atoms with Gasteiger partial charge in [0.05, 0.1) is 0 Å². The number of hydrogen-bond donors (Lipinski definition) is 2. The zero-order valence-corrected chi connectivity index (χ0v) is 9.11. The Kier molecular flexibility index (Phi) is 5.45. The van der Waals surface area contributed by atoms with Crippen LogP contribution in [0.5, 0.6) is 0 Å². The van der Waals surface area contributed by atoms with Crippen LogP contribution in [0.15, 0.2) is 0 Å². The molecule has 3 nitrogen and oxygen atoms in total. The fourth-order valence-corrected chi connectivity index (χ4v) is 2.35. The number of hydrogen-bond acceptors (Lipinski definition) is 3. The molecule has 0 bridgehead atoms. The molecular formula is C11H23NO2. The van der Waals surface area contributed by atoms with Crippen molar-refractivity contribution in [3.05, 3.63) is 0 Å². The SMILES string of the molecule is CCC(N)C(CCO)C1CCCOC1. The molecule has 0 aromatic heterocycles.